The van der Waals surface area contributed by atoms with E-state index in [9.17, 15) is 9.59 Å². The van der Waals surface area contributed by atoms with Gasteiger partial charge in [0.2, 0.25) is 0 Å². The number of ketones is 1. The number of carbonyl (C=O) groups excluding carboxylic acids is 2. The van der Waals surface area contributed by atoms with Crippen LogP contribution >= 0.6 is 0 Å². The quantitative estimate of drug-likeness (QED) is 0.566. The van der Waals surface area contributed by atoms with Crippen molar-refractivity contribution in [1.29, 1.82) is 0 Å². The van der Waals surface area contributed by atoms with Crippen LogP contribution in [-0.4, -0.2) is 34.8 Å². The summed E-state index contributed by atoms with van der Waals surface area (Å²) in [4.78, 5) is 29.0. The van der Waals surface area contributed by atoms with Crippen molar-refractivity contribution in [3.05, 3.63) is 78.0 Å². The zero-order valence-corrected chi connectivity index (χ0v) is 17.4. The molecule has 2 aromatic carbocycles. The van der Waals surface area contributed by atoms with Gasteiger partial charge in [-0.3, -0.25) is 9.59 Å². The lowest BCUT2D eigenvalue weighted by atomic mass is 9.92. The average molecular weight is 402 g/mol. The van der Waals surface area contributed by atoms with Crippen LogP contribution in [0.4, 0.5) is 0 Å². The highest BCUT2D eigenvalue weighted by Crippen LogP contribution is 2.33. The zero-order chi connectivity index (χ0) is 21.3. The topological polar surface area (TPSA) is 51.5 Å². The van der Waals surface area contributed by atoms with Crippen LogP contribution in [0.2, 0.25) is 0 Å². The van der Waals surface area contributed by atoms with Crippen LogP contribution < -0.4 is 4.74 Å². The van der Waals surface area contributed by atoms with Crippen molar-refractivity contribution in [3.8, 4) is 5.75 Å². The van der Waals surface area contributed by atoms with Gasteiger partial charge in [0, 0.05) is 37.0 Å². The maximum absolute atomic E-state index is 13.6. The summed E-state index contributed by atoms with van der Waals surface area (Å²) in [7, 11) is 3.49. The average Bonchev–Trinajstić information content (AvgIpc) is 3.02. The third-order valence-electron chi connectivity index (χ3n) is 5.91. The van der Waals surface area contributed by atoms with Gasteiger partial charge in [-0.05, 0) is 36.6 Å². The molecule has 3 aromatic rings. The lowest BCUT2D eigenvalue weighted by Gasteiger charge is -2.24. The number of benzene rings is 2. The predicted octanol–water partition coefficient (Wildman–Crippen LogP) is 4.61. The fourth-order valence-corrected chi connectivity index (χ4v) is 4.31. The van der Waals surface area contributed by atoms with Gasteiger partial charge < -0.3 is 14.2 Å². The number of aryl methyl sites for hydroxylation is 1. The molecule has 0 fully saturated rings. The number of nitrogens with zero attached hydrogens (tertiary/aromatic N) is 2. The number of para-hydroxylation sites is 1. The van der Waals surface area contributed by atoms with E-state index in [2.05, 4.69) is 6.58 Å². The maximum atomic E-state index is 13.6. The molecule has 2 heterocycles. The Morgan fingerprint density at radius 3 is 2.57 bits per heavy atom. The number of hydrogen-bond acceptors (Lipinski definition) is 3. The molecule has 1 amide bonds. The van der Waals surface area contributed by atoms with Crippen LogP contribution in [-0.2, 0) is 13.6 Å². The second kappa shape index (κ2) is 8.19. The molecule has 5 nitrogen and oxygen atoms in total. The molecule has 0 saturated carbocycles. The summed E-state index contributed by atoms with van der Waals surface area (Å²) >= 11 is 0. The predicted molar refractivity (Wildman–Crippen MR) is 118 cm³/mol. The molecule has 1 aromatic heterocycles. The molecule has 0 N–H and O–H groups in total. The number of amides is 1. The molecule has 0 bridgehead atoms. The van der Waals surface area contributed by atoms with E-state index in [1.54, 1.807) is 12.0 Å². The maximum Gasteiger partial charge on any atom is 0.271 e. The highest BCUT2D eigenvalue weighted by molar-refractivity contribution is 6.18. The summed E-state index contributed by atoms with van der Waals surface area (Å²) in [6.45, 7) is 4.65. The number of fused-ring (bicyclic) bond motifs is 3. The summed E-state index contributed by atoms with van der Waals surface area (Å²) in [6, 6.07) is 15.4. The minimum Gasteiger partial charge on any atom is -0.497 e. The van der Waals surface area contributed by atoms with E-state index < -0.39 is 0 Å². The molecular formula is C25H26N2O3. The Labute approximate surface area is 176 Å². The number of ether oxygens (including phenoxy) is 1. The van der Waals surface area contributed by atoms with E-state index in [0.29, 0.717) is 30.8 Å². The van der Waals surface area contributed by atoms with Crippen LogP contribution in [0.5, 0.6) is 5.75 Å². The Morgan fingerprint density at radius 1 is 1.13 bits per heavy atom. The summed E-state index contributed by atoms with van der Waals surface area (Å²) in [5.41, 5.74) is 2.94. The van der Waals surface area contributed by atoms with Gasteiger partial charge in [-0.2, -0.15) is 0 Å². The SMILES string of the molecule is C=CCCC1CN(Cc2ccc(OC)cc2)C(=O)c2c(c3ccccc3n2C)C1=O. The van der Waals surface area contributed by atoms with Crippen LogP contribution in [0.3, 0.4) is 0 Å². The Morgan fingerprint density at radius 2 is 1.87 bits per heavy atom. The minimum atomic E-state index is -0.253. The first-order valence-corrected chi connectivity index (χ1v) is 10.2. The molecular weight excluding hydrogens is 376 g/mol. The third-order valence-corrected chi connectivity index (χ3v) is 5.91. The van der Waals surface area contributed by atoms with Gasteiger partial charge in [0.25, 0.3) is 5.91 Å². The molecule has 1 atom stereocenters. The Bertz CT molecular complexity index is 1110. The smallest absolute Gasteiger partial charge is 0.271 e. The number of rotatable bonds is 6. The van der Waals surface area contributed by atoms with Gasteiger partial charge in [0.15, 0.2) is 5.78 Å². The van der Waals surface area contributed by atoms with E-state index in [1.165, 1.54) is 0 Å². The summed E-state index contributed by atoms with van der Waals surface area (Å²) in [5, 5.41) is 0.850. The van der Waals surface area contributed by atoms with Gasteiger partial charge in [-0.25, -0.2) is 0 Å². The fourth-order valence-electron chi connectivity index (χ4n) is 4.31. The number of allylic oxidation sites excluding steroid dienone is 1. The second-order valence-electron chi connectivity index (χ2n) is 7.76. The van der Waals surface area contributed by atoms with E-state index in [4.69, 9.17) is 4.74 Å². The second-order valence-corrected chi connectivity index (χ2v) is 7.76. The summed E-state index contributed by atoms with van der Waals surface area (Å²) < 4.78 is 7.10. The molecule has 1 aliphatic rings. The standard InChI is InChI=1S/C25H26N2O3/c1-4-5-8-18-16-27(15-17-11-13-19(30-3)14-12-17)25(29)23-22(24(18)28)20-9-6-7-10-21(20)26(23)2/h4,6-7,9-14,18H,1,5,8,15-16H2,2-3H3. The lowest BCUT2D eigenvalue weighted by molar-refractivity contribution is 0.0701. The van der Waals surface area contributed by atoms with E-state index in [-0.39, 0.29) is 17.6 Å². The molecule has 5 heteroatoms. The summed E-state index contributed by atoms with van der Waals surface area (Å²) in [5.74, 6) is 0.469. The molecule has 4 rings (SSSR count). The first-order valence-electron chi connectivity index (χ1n) is 10.2. The van der Waals surface area contributed by atoms with Crippen LogP contribution in [0, 0.1) is 5.92 Å². The van der Waals surface area contributed by atoms with Crippen molar-refractivity contribution in [2.45, 2.75) is 19.4 Å². The molecule has 0 aliphatic carbocycles. The highest BCUT2D eigenvalue weighted by Gasteiger charge is 2.37. The largest absolute Gasteiger partial charge is 0.497 e. The number of hydrogen-bond donors (Lipinski definition) is 0. The molecule has 0 saturated heterocycles. The first-order chi connectivity index (χ1) is 14.5. The Balaban J connectivity index is 1.79. The van der Waals surface area contributed by atoms with Gasteiger partial charge in [-0.15, -0.1) is 6.58 Å². The van der Waals surface area contributed by atoms with E-state index in [0.717, 1.165) is 28.6 Å². The van der Waals surface area contributed by atoms with Crippen molar-refractivity contribution in [1.82, 2.24) is 9.47 Å². The number of aromatic nitrogens is 1. The van der Waals surface area contributed by atoms with E-state index in [1.807, 2.05) is 66.2 Å². The molecule has 0 radical (unpaired) electrons. The van der Waals surface area contributed by atoms with Crippen molar-refractivity contribution in [2.75, 3.05) is 13.7 Å². The first kappa shape index (κ1) is 20.0. The van der Waals surface area contributed by atoms with Crippen molar-refractivity contribution >= 4 is 22.6 Å². The van der Waals surface area contributed by atoms with Crippen molar-refractivity contribution in [2.24, 2.45) is 13.0 Å². The van der Waals surface area contributed by atoms with Gasteiger partial charge >= 0.3 is 0 Å². The van der Waals surface area contributed by atoms with E-state index >= 15 is 0 Å². The van der Waals surface area contributed by atoms with Gasteiger partial charge in [0.05, 0.1) is 12.7 Å². The number of methoxy groups -OCH3 is 1. The number of Topliss-reactive ketones (excluding diaryl/α,β-unsaturated/α-hetero) is 1. The van der Waals surface area contributed by atoms with Crippen LogP contribution in [0.15, 0.2) is 61.2 Å². The Kier molecular flexibility index (Phi) is 5.44. The molecule has 154 valence electrons. The third kappa shape index (κ3) is 3.41. The normalized spacial score (nSPS) is 16.5. The lowest BCUT2D eigenvalue weighted by Crippen LogP contribution is -2.35. The monoisotopic (exact) mass is 402 g/mol. The van der Waals surface area contributed by atoms with Crippen LogP contribution in [0.1, 0.15) is 39.3 Å². The molecule has 1 aliphatic heterocycles. The number of carbonyl (C=O) groups is 2. The Hall–Kier alpha value is -3.34. The molecule has 30 heavy (non-hydrogen) atoms. The molecule has 1 unspecified atom stereocenters. The fraction of sp³-hybridized carbons (Fsp3) is 0.280. The highest BCUT2D eigenvalue weighted by atomic mass is 16.5. The minimum absolute atomic E-state index is 0.0502. The molecule has 0 spiro atoms. The van der Waals surface area contributed by atoms with Crippen molar-refractivity contribution < 1.29 is 14.3 Å². The van der Waals surface area contributed by atoms with Gasteiger partial charge in [-0.1, -0.05) is 36.4 Å². The van der Waals surface area contributed by atoms with Crippen LogP contribution in [0.25, 0.3) is 10.9 Å². The summed E-state index contributed by atoms with van der Waals surface area (Å²) in [6.07, 6.45) is 3.25. The van der Waals surface area contributed by atoms with Crippen molar-refractivity contribution in [3.63, 3.8) is 0 Å². The van der Waals surface area contributed by atoms with Gasteiger partial charge in [0.1, 0.15) is 11.4 Å². The zero-order valence-electron chi connectivity index (χ0n) is 17.4.